The van der Waals surface area contributed by atoms with E-state index in [-0.39, 0.29) is 34.4 Å². The van der Waals surface area contributed by atoms with Crippen LogP contribution in [0.25, 0.3) is 0 Å². The zero-order valence-electron chi connectivity index (χ0n) is 32.1. The molecule has 5 unspecified atom stereocenters. The summed E-state index contributed by atoms with van der Waals surface area (Å²) < 4.78 is 10.3. The fourth-order valence-electron chi connectivity index (χ4n) is 10.9. The molecule has 5 atom stereocenters. The molecule has 7 heteroatoms. The molecule has 1 N–H and O–H groups in total. The Morgan fingerprint density at radius 1 is 0.731 bits per heavy atom. The maximum Gasteiger partial charge on any atom is 0.163 e. The maximum atomic E-state index is 12.7. The summed E-state index contributed by atoms with van der Waals surface area (Å²) in [6.45, 7) is 9.07. The first kappa shape index (κ1) is 38.2. The summed E-state index contributed by atoms with van der Waals surface area (Å²) in [5.41, 5.74) is 5.30. The summed E-state index contributed by atoms with van der Waals surface area (Å²) in [4.78, 5) is 47.9. The van der Waals surface area contributed by atoms with E-state index in [2.05, 4.69) is 27.7 Å². The summed E-state index contributed by atoms with van der Waals surface area (Å²) in [5.74, 6) is 5.04. The molecule has 7 nitrogen and oxygen atoms in total. The predicted molar refractivity (Wildman–Crippen MR) is 202 cm³/mol. The Bertz CT molecular complexity index is 1750. The third kappa shape index (κ3) is 7.19. The van der Waals surface area contributed by atoms with E-state index >= 15 is 0 Å². The minimum absolute atomic E-state index is 0.0653. The number of rotatable bonds is 4. The molecule has 3 fully saturated rings. The number of carbonyl (C=O) groups excluding carboxylic acids is 4. The van der Waals surface area contributed by atoms with E-state index in [1.54, 1.807) is 14.2 Å². The van der Waals surface area contributed by atoms with Gasteiger partial charge in [0, 0.05) is 48.8 Å². The summed E-state index contributed by atoms with van der Waals surface area (Å²) in [6, 6.07) is 11.5. The van der Waals surface area contributed by atoms with Crippen LogP contribution in [0.4, 0.5) is 0 Å². The number of ketones is 4. The molecule has 8 rings (SSSR count). The van der Waals surface area contributed by atoms with Gasteiger partial charge in [-0.05, 0) is 140 Å². The van der Waals surface area contributed by atoms with Crippen LogP contribution in [0.2, 0.25) is 0 Å². The Morgan fingerprint density at radius 3 is 2.17 bits per heavy atom. The molecule has 0 amide bonds. The molecule has 0 saturated heterocycles. The second-order valence-corrected chi connectivity index (χ2v) is 17.4. The number of Topliss-reactive ketones (excluding diaryl/α,β-unsaturated/α-hetero) is 3. The van der Waals surface area contributed by atoms with Gasteiger partial charge in [0.15, 0.2) is 17.3 Å². The number of aryl methyl sites for hydroxylation is 1. The van der Waals surface area contributed by atoms with Crippen LogP contribution in [0.5, 0.6) is 11.5 Å². The van der Waals surface area contributed by atoms with E-state index in [1.807, 2.05) is 42.5 Å². The number of ether oxygens (including phenoxy) is 2. The number of aliphatic hydroxyl groups is 1. The first-order chi connectivity index (χ1) is 24.7. The molecule has 2 aromatic rings. The van der Waals surface area contributed by atoms with Crippen LogP contribution in [-0.2, 0) is 21.4 Å². The van der Waals surface area contributed by atoms with Crippen molar-refractivity contribution in [3.8, 4) is 11.5 Å². The van der Waals surface area contributed by atoms with Crippen LogP contribution in [0, 0.1) is 34.5 Å². The van der Waals surface area contributed by atoms with Gasteiger partial charge in [-0.3, -0.25) is 19.2 Å². The molecule has 0 aromatic heterocycles. The lowest BCUT2D eigenvalue weighted by molar-refractivity contribution is -0.135. The normalized spacial score (nSPS) is 29.3. The molecule has 0 aliphatic heterocycles. The smallest absolute Gasteiger partial charge is 0.163 e. The number of carbonyl (C=O) groups is 4. The highest BCUT2D eigenvalue weighted by Gasteiger charge is 2.60. The van der Waals surface area contributed by atoms with E-state index in [4.69, 9.17) is 9.47 Å². The number of hydrogen-bond acceptors (Lipinski definition) is 7. The van der Waals surface area contributed by atoms with Gasteiger partial charge in [-0.1, -0.05) is 39.3 Å². The minimum atomic E-state index is -0.238. The van der Waals surface area contributed by atoms with Crippen molar-refractivity contribution in [2.75, 3.05) is 20.8 Å². The fourth-order valence-corrected chi connectivity index (χ4v) is 10.9. The number of benzene rings is 2. The maximum absolute atomic E-state index is 12.7. The highest BCUT2D eigenvalue weighted by molar-refractivity contribution is 5.99. The first-order valence-electron chi connectivity index (χ1n) is 19.6. The zero-order valence-corrected chi connectivity index (χ0v) is 32.1. The number of allylic oxidation sites excluding steroid dienone is 1. The van der Waals surface area contributed by atoms with Crippen molar-refractivity contribution in [2.24, 2.45) is 34.5 Å². The first-order valence-corrected chi connectivity index (χ1v) is 19.6. The Kier molecular flexibility index (Phi) is 11.0. The topological polar surface area (TPSA) is 107 Å². The van der Waals surface area contributed by atoms with E-state index in [1.165, 1.54) is 5.57 Å². The van der Waals surface area contributed by atoms with E-state index in [9.17, 15) is 24.3 Å². The molecular formula is C45H58O7. The van der Waals surface area contributed by atoms with E-state index in [0.29, 0.717) is 67.3 Å². The lowest BCUT2D eigenvalue weighted by atomic mass is 9.47. The quantitative estimate of drug-likeness (QED) is 0.338. The second kappa shape index (κ2) is 15.0. The molecule has 6 aliphatic carbocycles. The van der Waals surface area contributed by atoms with Crippen LogP contribution < -0.4 is 9.47 Å². The third-order valence-electron chi connectivity index (χ3n) is 13.7. The van der Waals surface area contributed by atoms with Crippen LogP contribution in [0.1, 0.15) is 137 Å². The van der Waals surface area contributed by atoms with Gasteiger partial charge in [0.1, 0.15) is 17.3 Å². The highest BCUT2D eigenvalue weighted by Crippen LogP contribution is 2.64. The van der Waals surface area contributed by atoms with Crippen molar-refractivity contribution in [3.05, 3.63) is 70.3 Å². The fraction of sp³-hybridized carbons (Fsp3) is 0.600. The van der Waals surface area contributed by atoms with E-state index < -0.39 is 0 Å². The molecule has 0 heterocycles. The number of methoxy groups -OCH3 is 2. The van der Waals surface area contributed by atoms with Gasteiger partial charge in [0.05, 0.1) is 14.2 Å². The molecule has 6 aliphatic rings. The SMILES string of the molecule is CC1(C)CC2C(CCC3(CCO)C(=O)CCC23)C2CCC(=O)C=C21.COc1ccc2c(c1)C(=O)CCC2.COc1ccc2c(c1)C(C)(C)CCC2=O. The van der Waals surface area contributed by atoms with Gasteiger partial charge in [0.2, 0.25) is 0 Å². The summed E-state index contributed by atoms with van der Waals surface area (Å²) in [5, 5.41) is 9.59. The average Bonchev–Trinajstić information content (AvgIpc) is 3.46. The molecule has 3 saturated carbocycles. The van der Waals surface area contributed by atoms with Crippen molar-refractivity contribution >= 4 is 23.1 Å². The van der Waals surface area contributed by atoms with Gasteiger partial charge in [-0.2, -0.15) is 0 Å². The Labute approximate surface area is 309 Å². The second-order valence-electron chi connectivity index (χ2n) is 17.4. The molecular weight excluding hydrogens is 652 g/mol. The van der Waals surface area contributed by atoms with Gasteiger partial charge >= 0.3 is 0 Å². The predicted octanol–water partition coefficient (Wildman–Crippen LogP) is 8.86. The number of fused-ring (bicyclic) bond motifs is 7. The molecule has 0 radical (unpaired) electrons. The van der Waals surface area contributed by atoms with Crippen LogP contribution >= 0.6 is 0 Å². The van der Waals surface area contributed by atoms with Crippen molar-refractivity contribution in [1.29, 1.82) is 0 Å². The summed E-state index contributed by atoms with van der Waals surface area (Å²) >= 11 is 0. The van der Waals surface area contributed by atoms with Crippen LogP contribution in [0.3, 0.4) is 0 Å². The van der Waals surface area contributed by atoms with Gasteiger partial charge in [-0.15, -0.1) is 0 Å². The van der Waals surface area contributed by atoms with Crippen LogP contribution in [0.15, 0.2) is 48.0 Å². The highest BCUT2D eigenvalue weighted by atomic mass is 16.5. The van der Waals surface area contributed by atoms with E-state index in [0.717, 1.165) is 85.1 Å². The monoisotopic (exact) mass is 710 g/mol. The molecule has 52 heavy (non-hydrogen) atoms. The minimum Gasteiger partial charge on any atom is -0.497 e. The number of aliphatic hydroxyl groups excluding tert-OH is 1. The van der Waals surface area contributed by atoms with Gasteiger partial charge in [0.25, 0.3) is 0 Å². The Balaban J connectivity index is 0.000000143. The van der Waals surface area contributed by atoms with Crippen molar-refractivity contribution < 1.29 is 33.8 Å². The van der Waals surface area contributed by atoms with Crippen molar-refractivity contribution in [3.63, 3.8) is 0 Å². The number of hydrogen-bond donors (Lipinski definition) is 1. The molecule has 0 spiro atoms. The molecule has 280 valence electrons. The largest absolute Gasteiger partial charge is 0.497 e. The summed E-state index contributed by atoms with van der Waals surface area (Å²) in [7, 11) is 3.27. The van der Waals surface area contributed by atoms with Gasteiger partial charge in [-0.25, -0.2) is 0 Å². The lowest BCUT2D eigenvalue weighted by Crippen LogP contribution is -2.51. The van der Waals surface area contributed by atoms with Crippen molar-refractivity contribution in [1.82, 2.24) is 0 Å². The van der Waals surface area contributed by atoms with Crippen molar-refractivity contribution in [2.45, 2.75) is 117 Å². The third-order valence-corrected chi connectivity index (χ3v) is 13.7. The lowest BCUT2D eigenvalue weighted by Gasteiger charge is -2.57. The average molecular weight is 711 g/mol. The molecule has 2 aromatic carbocycles. The Morgan fingerprint density at radius 2 is 1.44 bits per heavy atom. The summed E-state index contributed by atoms with van der Waals surface area (Å²) in [6.07, 6.45) is 13.4. The standard InChI is InChI=1S/C21H30O3.C13H16O2.C11H12O2/c1-20(2)12-16-14(15-4-3-13(23)11-18(15)20)7-8-21(9-10-22)17(16)5-6-19(21)24;1-13(2)7-6-12(14)10-5-4-9(15-3)8-11(10)13;1-13-9-6-5-8-3-2-4-11(12)10(8)7-9/h11,14-17,22H,3-10,12H2,1-2H3;4-5,8H,6-7H2,1-3H3;5-7H,2-4H2,1H3. The zero-order chi connectivity index (χ0) is 37.4. The van der Waals surface area contributed by atoms with Crippen LogP contribution in [-0.4, -0.2) is 49.1 Å². The van der Waals surface area contributed by atoms with Gasteiger partial charge < -0.3 is 14.6 Å². The Hall–Kier alpha value is -3.58. The molecule has 0 bridgehead atoms.